The Morgan fingerprint density at radius 3 is 2.42 bits per heavy atom. The van der Waals surface area contributed by atoms with Crippen molar-refractivity contribution >= 4 is 22.5 Å². The molecule has 0 amide bonds. The minimum atomic E-state index is 0.657. The molecule has 3 aromatic rings. The van der Waals surface area contributed by atoms with Crippen molar-refractivity contribution in [3.63, 3.8) is 0 Å². The van der Waals surface area contributed by atoms with Crippen LogP contribution >= 0.6 is 11.6 Å². The molecule has 1 aromatic heterocycles. The Labute approximate surface area is 115 Å². The minimum absolute atomic E-state index is 0.657. The number of benzene rings is 2. The average molecular weight is 265 g/mol. The molecule has 0 radical (unpaired) electrons. The Bertz CT molecular complexity index is 786. The number of hydrogen-bond donors (Lipinski definition) is 0. The summed E-state index contributed by atoms with van der Waals surface area (Å²) in [5.41, 5.74) is 3.65. The Morgan fingerprint density at radius 2 is 1.68 bits per heavy atom. The lowest BCUT2D eigenvalue weighted by atomic mass is 10.0. The molecule has 0 aliphatic heterocycles. The predicted octanol–water partition coefficient (Wildman–Crippen LogP) is 4.43. The van der Waals surface area contributed by atoms with Gasteiger partial charge in [-0.2, -0.15) is 5.26 Å². The van der Waals surface area contributed by atoms with Crippen LogP contribution in [0.15, 0.2) is 54.7 Å². The number of nitriles is 1. The highest BCUT2D eigenvalue weighted by molar-refractivity contribution is 6.35. The van der Waals surface area contributed by atoms with Gasteiger partial charge in [-0.05, 0) is 41.5 Å². The van der Waals surface area contributed by atoms with Crippen molar-refractivity contribution in [1.82, 2.24) is 4.98 Å². The molecule has 3 heteroatoms. The molecule has 0 unspecified atom stereocenters. The molecular weight excluding hydrogens is 256 g/mol. The first-order valence-electron chi connectivity index (χ1n) is 5.83. The van der Waals surface area contributed by atoms with Gasteiger partial charge >= 0.3 is 0 Å². The Kier molecular flexibility index (Phi) is 2.91. The van der Waals surface area contributed by atoms with E-state index in [2.05, 4.69) is 11.1 Å². The zero-order chi connectivity index (χ0) is 13.2. The van der Waals surface area contributed by atoms with Crippen molar-refractivity contribution in [2.75, 3.05) is 0 Å². The van der Waals surface area contributed by atoms with Crippen molar-refractivity contribution in [3.8, 4) is 17.2 Å². The van der Waals surface area contributed by atoms with Crippen molar-refractivity contribution < 1.29 is 0 Å². The van der Waals surface area contributed by atoms with E-state index in [4.69, 9.17) is 16.9 Å². The van der Waals surface area contributed by atoms with Crippen LogP contribution in [0.4, 0.5) is 0 Å². The molecule has 0 fully saturated rings. The van der Waals surface area contributed by atoms with E-state index >= 15 is 0 Å². The fraction of sp³-hybridized carbons (Fsp3) is 0. The summed E-state index contributed by atoms with van der Waals surface area (Å²) in [4.78, 5) is 4.28. The third-order valence-corrected chi connectivity index (χ3v) is 3.37. The second kappa shape index (κ2) is 4.72. The number of halogens is 1. The van der Waals surface area contributed by atoms with Crippen LogP contribution in [0, 0.1) is 11.3 Å². The van der Waals surface area contributed by atoms with Crippen molar-refractivity contribution in [3.05, 3.63) is 65.3 Å². The van der Waals surface area contributed by atoms with Gasteiger partial charge in [0.15, 0.2) is 0 Å². The summed E-state index contributed by atoms with van der Waals surface area (Å²) in [6, 6.07) is 17.4. The van der Waals surface area contributed by atoms with Crippen LogP contribution in [0.25, 0.3) is 22.0 Å². The molecule has 0 atom stereocenters. The van der Waals surface area contributed by atoms with Crippen molar-refractivity contribution in [1.29, 1.82) is 5.26 Å². The molecule has 0 saturated carbocycles. The Hall–Kier alpha value is -2.37. The maximum Gasteiger partial charge on any atom is 0.0991 e. The number of nitrogens with zero attached hydrogens (tertiary/aromatic N) is 2. The van der Waals surface area contributed by atoms with Gasteiger partial charge in [-0.15, -0.1) is 0 Å². The van der Waals surface area contributed by atoms with Gasteiger partial charge in [0.1, 0.15) is 0 Å². The van der Waals surface area contributed by atoms with Crippen LogP contribution in [0.2, 0.25) is 5.02 Å². The summed E-state index contributed by atoms with van der Waals surface area (Å²) in [7, 11) is 0. The molecule has 2 aromatic carbocycles. The van der Waals surface area contributed by atoms with Crippen molar-refractivity contribution in [2.45, 2.75) is 0 Å². The Morgan fingerprint density at radius 1 is 0.947 bits per heavy atom. The van der Waals surface area contributed by atoms with Crippen LogP contribution in [0.3, 0.4) is 0 Å². The van der Waals surface area contributed by atoms with Gasteiger partial charge in [0.2, 0.25) is 0 Å². The summed E-state index contributed by atoms with van der Waals surface area (Å²) in [5, 5.41) is 10.4. The van der Waals surface area contributed by atoms with E-state index in [-0.39, 0.29) is 0 Å². The van der Waals surface area contributed by atoms with Gasteiger partial charge in [-0.1, -0.05) is 29.8 Å². The van der Waals surface area contributed by atoms with E-state index in [1.54, 1.807) is 12.3 Å². The van der Waals surface area contributed by atoms with Gasteiger partial charge in [-0.25, -0.2) is 0 Å². The molecule has 3 rings (SSSR count). The average Bonchev–Trinajstić information content (AvgIpc) is 2.47. The normalized spacial score (nSPS) is 10.3. The molecule has 2 nitrogen and oxygen atoms in total. The van der Waals surface area contributed by atoms with E-state index in [0.717, 1.165) is 22.0 Å². The smallest absolute Gasteiger partial charge is 0.0991 e. The molecule has 19 heavy (non-hydrogen) atoms. The first-order chi connectivity index (χ1) is 9.28. The quantitative estimate of drug-likeness (QED) is 0.652. The lowest BCUT2D eigenvalue weighted by Gasteiger charge is -2.05. The zero-order valence-corrected chi connectivity index (χ0v) is 10.7. The molecular formula is C16H9ClN2. The van der Waals surface area contributed by atoms with Crippen LogP contribution in [0.1, 0.15) is 5.56 Å². The summed E-state index contributed by atoms with van der Waals surface area (Å²) >= 11 is 6.18. The summed E-state index contributed by atoms with van der Waals surface area (Å²) in [6.07, 6.45) is 1.70. The fourth-order valence-corrected chi connectivity index (χ4v) is 2.24. The van der Waals surface area contributed by atoms with Gasteiger partial charge in [-0.3, -0.25) is 4.98 Å². The fourth-order valence-electron chi connectivity index (χ4n) is 2.03. The highest BCUT2D eigenvalue weighted by atomic mass is 35.5. The molecule has 0 saturated heterocycles. The number of pyridine rings is 1. The highest BCUT2D eigenvalue weighted by Crippen LogP contribution is 2.27. The zero-order valence-electron chi connectivity index (χ0n) is 9.97. The number of aromatic nitrogens is 1. The summed E-state index contributed by atoms with van der Waals surface area (Å²) < 4.78 is 0. The predicted molar refractivity (Wildman–Crippen MR) is 76.9 cm³/mol. The van der Waals surface area contributed by atoms with E-state index in [1.165, 1.54) is 0 Å². The van der Waals surface area contributed by atoms with E-state index < -0.39 is 0 Å². The SMILES string of the molecule is N#Cc1ccc(-c2ccc3nccc(Cl)c3c2)cc1. The highest BCUT2D eigenvalue weighted by Gasteiger charge is 2.03. The molecule has 0 bridgehead atoms. The molecule has 0 aliphatic rings. The van der Waals surface area contributed by atoms with Crippen LogP contribution in [0.5, 0.6) is 0 Å². The topological polar surface area (TPSA) is 36.7 Å². The first kappa shape index (κ1) is 11.7. The number of rotatable bonds is 1. The van der Waals surface area contributed by atoms with Crippen molar-refractivity contribution in [2.24, 2.45) is 0 Å². The monoisotopic (exact) mass is 264 g/mol. The van der Waals surface area contributed by atoms with E-state index in [9.17, 15) is 0 Å². The third kappa shape index (κ3) is 2.16. The maximum absolute atomic E-state index is 8.80. The maximum atomic E-state index is 8.80. The second-order valence-corrected chi connectivity index (χ2v) is 4.62. The molecule has 0 spiro atoms. The molecule has 0 aliphatic carbocycles. The second-order valence-electron chi connectivity index (χ2n) is 4.21. The minimum Gasteiger partial charge on any atom is -0.256 e. The molecule has 0 N–H and O–H groups in total. The third-order valence-electron chi connectivity index (χ3n) is 3.04. The van der Waals surface area contributed by atoms with Crippen LogP contribution in [-0.2, 0) is 0 Å². The summed E-state index contributed by atoms with van der Waals surface area (Å²) in [6.45, 7) is 0. The number of hydrogen-bond acceptors (Lipinski definition) is 2. The molecule has 1 heterocycles. The van der Waals surface area contributed by atoms with Crippen LogP contribution < -0.4 is 0 Å². The standard InChI is InChI=1S/C16H9ClN2/c17-15-7-8-19-16-6-5-13(9-14(15)16)12-3-1-11(10-18)2-4-12/h1-9H. The lowest BCUT2D eigenvalue weighted by molar-refractivity contribution is 1.41. The van der Waals surface area contributed by atoms with Gasteiger partial charge in [0, 0.05) is 11.6 Å². The van der Waals surface area contributed by atoms with Gasteiger partial charge in [0.25, 0.3) is 0 Å². The van der Waals surface area contributed by atoms with Gasteiger partial charge < -0.3 is 0 Å². The largest absolute Gasteiger partial charge is 0.256 e. The summed E-state index contributed by atoms with van der Waals surface area (Å²) in [5.74, 6) is 0. The lowest BCUT2D eigenvalue weighted by Crippen LogP contribution is -1.83. The Balaban J connectivity index is 2.14. The molecule has 90 valence electrons. The van der Waals surface area contributed by atoms with Crippen LogP contribution in [-0.4, -0.2) is 4.98 Å². The van der Waals surface area contributed by atoms with E-state index in [1.807, 2.05) is 42.5 Å². The number of fused-ring (bicyclic) bond motifs is 1. The van der Waals surface area contributed by atoms with E-state index in [0.29, 0.717) is 10.6 Å². The first-order valence-corrected chi connectivity index (χ1v) is 6.20. The van der Waals surface area contributed by atoms with Gasteiger partial charge in [0.05, 0.1) is 22.2 Å².